The number of carbonyl (C=O) groups is 4. The molecule has 2 atom stereocenters. The summed E-state index contributed by atoms with van der Waals surface area (Å²) in [7, 11) is 0. The predicted molar refractivity (Wildman–Crippen MR) is 80.3 cm³/mol. The highest BCUT2D eigenvalue weighted by Gasteiger charge is 2.58. The zero-order chi connectivity index (χ0) is 17.8. The first-order valence-electron chi connectivity index (χ1n) is 7.25. The van der Waals surface area contributed by atoms with Gasteiger partial charge >= 0.3 is 11.9 Å². The number of hydrogen-bond donors (Lipinski definition) is 3. The summed E-state index contributed by atoms with van der Waals surface area (Å²) in [4.78, 5) is 48.5. The van der Waals surface area contributed by atoms with Crippen LogP contribution in [0.25, 0.3) is 0 Å². The normalized spacial score (nSPS) is 24.8. The minimum Gasteiger partial charge on any atom is -0.479 e. The van der Waals surface area contributed by atoms with Crippen molar-refractivity contribution in [3.05, 3.63) is 12.2 Å². The van der Waals surface area contributed by atoms with E-state index in [0.717, 1.165) is 12.2 Å². The Kier molecular flexibility index (Phi) is 5.65. The molecule has 23 heavy (non-hydrogen) atoms. The van der Waals surface area contributed by atoms with E-state index in [4.69, 9.17) is 10.5 Å². The second-order valence-corrected chi connectivity index (χ2v) is 6.32. The number of rotatable bonds is 5. The maximum Gasteiger partial charge on any atom is 0.345 e. The molecule has 0 spiro atoms. The first kappa shape index (κ1) is 18.8. The molecule has 0 saturated heterocycles. The van der Waals surface area contributed by atoms with Crippen molar-refractivity contribution in [3.8, 4) is 0 Å². The van der Waals surface area contributed by atoms with Crippen LogP contribution in [0.3, 0.4) is 0 Å². The summed E-state index contributed by atoms with van der Waals surface area (Å²) < 4.78 is 5.16. The molecule has 128 valence electrons. The van der Waals surface area contributed by atoms with Crippen molar-refractivity contribution < 1.29 is 29.0 Å². The molecule has 0 fully saturated rings. The number of nitrogens with one attached hydrogen (secondary N) is 1. The second kappa shape index (κ2) is 6.91. The number of ether oxygens (including phenoxy) is 1. The Morgan fingerprint density at radius 1 is 1.35 bits per heavy atom. The standard InChI is InChI=1S/C15H22N2O6/c1-14(2,3)23-13(22)15(12(20)21)9(5-4-8-16)10(18)6-7-11(19)17-15/h6-7,9H,4-5,8,16H2,1-3H3,(H,17,19)(H,20,21)/t9?,15-/m0/s1. The highest BCUT2D eigenvalue weighted by molar-refractivity contribution is 6.16. The summed E-state index contributed by atoms with van der Waals surface area (Å²) in [6.45, 7) is 4.90. The quantitative estimate of drug-likeness (QED) is 0.468. The van der Waals surface area contributed by atoms with Crippen LogP contribution < -0.4 is 11.1 Å². The van der Waals surface area contributed by atoms with Crippen LogP contribution in [-0.4, -0.2) is 46.4 Å². The average Bonchev–Trinajstić information content (AvgIpc) is 2.53. The number of aliphatic carboxylic acids is 1. The van der Waals surface area contributed by atoms with Crippen molar-refractivity contribution in [2.75, 3.05) is 6.54 Å². The van der Waals surface area contributed by atoms with Crippen molar-refractivity contribution >= 4 is 23.6 Å². The molecule has 0 aromatic rings. The van der Waals surface area contributed by atoms with Gasteiger partial charge in [0.15, 0.2) is 5.78 Å². The first-order chi connectivity index (χ1) is 10.5. The van der Waals surface area contributed by atoms with E-state index in [1.54, 1.807) is 20.8 Å². The Morgan fingerprint density at radius 3 is 2.43 bits per heavy atom. The molecular formula is C15H22N2O6. The van der Waals surface area contributed by atoms with Gasteiger partial charge in [-0.15, -0.1) is 0 Å². The maximum absolute atomic E-state index is 12.6. The molecule has 0 aromatic carbocycles. The molecule has 0 saturated carbocycles. The van der Waals surface area contributed by atoms with Gasteiger partial charge in [0.1, 0.15) is 5.60 Å². The number of ketones is 1. The third kappa shape index (κ3) is 4.16. The lowest BCUT2D eigenvalue weighted by atomic mass is 9.78. The minimum absolute atomic E-state index is 0.0332. The minimum atomic E-state index is -2.47. The predicted octanol–water partition coefficient (Wildman–Crippen LogP) is -0.238. The van der Waals surface area contributed by atoms with Crippen LogP contribution >= 0.6 is 0 Å². The third-order valence-corrected chi connectivity index (χ3v) is 3.34. The number of hydrogen-bond acceptors (Lipinski definition) is 6. The van der Waals surface area contributed by atoms with Crippen LogP contribution in [-0.2, 0) is 23.9 Å². The van der Waals surface area contributed by atoms with E-state index in [9.17, 15) is 24.3 Å². The molecule has 8 heteroatoms. The van der Waals surface area contributed by atoms with Crippen LogP contribution in [0, 0.1) is 5.92 Å². The Hall–Kier alpha value is -2.22. The highest BCUT2D eigenvalue weighted by atomic mass is 16.6. The fourth-order valence-electron chi connectivity index (χ4n) is 2.33. The molecule has 1 unspecified atom stereocenters. The van der Waals surface area contributed by atoms with E-state index in [-0.39, 0.29) is 13.0 Å². The molecule has 1 aliphatic heterocycles. The van der Waals surface area contributed by atoms with Gasteiger partial charge in [-0.25, -0.2) is 9.59 Å². The van der Waals surface area contributed by atoms with E-state index in [0.29, 0.717) is 6.42 Å². The first-order valence-corrected chi connectivity index (χ1v) is 7.25. The van der Waals surface area contributed by atoms with Crippen molar-refractivity contribution in [2.24, 2.45) is 11.7 Å². The summed E-state index contributed by atoms with van der Waals surface area (Å²) in [5.41, 5.74) is 1.97. The lowest BCUT2D eigenvalue weighted by Gasteiger charge is -2.35. The fraction of sp³-hybridized carbons (Fsp3) is 0.600. The molecule has 1 aliphatic rings. The van der Waals surface area contributed by atoms with Crippen LogP contribution in [0.2, 0.25) is 0 Å². The van der Waals surface area contributed by atoms with Crippen molar-refractivity contribution in [1.29, 1.82) is 0 Å². The number of carboxylic acids is 1. The molecule has 4 N–H and O–H groups in total. The lowest BCUT2D eigenvalue weighted by Crippen LogP contribution is -2.66. The zero-order valence-electron chi connectivity index (χ0n) is 13.4. The lowest BCUT2D eigenvalue weighted by molar-refractivity contribution is -0.177. The third-order valence-electron chi connectivity index (χ3n) is 3.34. The highest BCUT2D eigenvalue weighted by Crippen LogP contribution is 2.29. The van der Waals surface area contributed by atoms with Crippen LogP contribution in [0.4, 0.5) is 0 Å². The summed E-state index contributed by atoms with van der Waals surface area (Å²) >= 11 is 0. The molecule has 1 rings (SSSR count). The van der Waals surface area contributed by atoms with Crippen LogP contribution in [0.1, 0.15) is 33.6 Å². The van der Waals surface area contributed by atoms with E-state index < -0.39 is 40.7 Å². The van der Waals surface area contributed by atoms with Crippen molar-refractivity contribution in [1.82, 2.24) is 5.32 Å². The molecule has 0 radical (unpaired) electrons. The van der Waals surface area contributed by atoms with Crippen molar-refractivity contribution in [2.45, 2.75) is 44.8 Å². The van der Waals surface area contributed by atoms with Crippen molar-refractivity contribution in [3.63, 3.8) is 0 Å². The van der Waals surface area contributed by atoms with Gasteiger partial charge in [-0.1, -0.05) is 0 Å². The van der Waals surface area contributed by atoms with E-state index in [1.807, 2.05) is 0 Å². The molecular weight excluding hydrogens is 304 g/mol. The van der Waals surface area contributed by atoms with Gasteiger partial charge < -0.3 is 20.9 Å². The molecule has 8 nitrogen and oxygen atoms in total. The van der Waals surface area contributed by atoms with Gasteiger partial charge in [-0.2, -0.15) is 0 Å². The van der Waals surface area contributed by atoms with Crippen LogP contribution in [0.15, 0.2) is 12.2 Å². The number of carbonyl (C=O) groups excluding carboxylic acids is 3. The molecule has 0 aliphatic carbocycles. The van der Waals surface area contributed by atoms with Gasteiger partial charge in [-0.3, -0.25) is 9.59 Å². The Balaban J connectivity index is 3.40. The number of carboxylic acid groups (broad SMARTS) is 1. The zero-order valence-corrected chi connectivity index (χ0v) is 13.4. The maximum atomic E-state index is 12.6. The van der Waals surface area contributed by atoms with Gasteiger partial charge in [0.25, 0.3) is 0 Å². The summed E-state index contributed by atoms with van der Waals surface area (Å²) in [5.74, 6) is -5.59. The Morgan fingerprint density at radius 2 is 1.96 bits per heavy atom. The van der Waals surface area contributed by atoms with Gasteiger partial charge in [0, 0.05) is 6.08 Å². The SMILES string of the molecule is CC(C)(C)OC(=O)[C@]1(C(=O)O)NC(=O)C=CC(=O)C1CCCN. The van der Waals surface area contributed by atoms with Gasteiger partial charge in [-0.05, 0) is 46.2 Å². The van der Waals surface area contributed by atoms with E-state index >= 15 is 0 Å². The number of esters is 1. The summed E-state index contributed by atoms with van der Waals surface area (Å²) in [6.07, 6.45) is 2.24. The number of amides is 1. The Labute approximate surface area is 134 Å². The fourth-order valence-corrected chi connectivity index (χ4v) is 2.33. The monoisotopic (exact) mass is 326 g/mol. The molecule has 0 aromatic heterocycles. The van der Waals surface area contributed by atoms with Gasteiger partial charge in [0.05, 0.1) is 5.92 Å². The second-order valence-electron chi connectivity index (χ2n) is 6.32. The van der Waals surface area contributed by atoms with Crippen LogP contribution in [0.5, 0.6) is 0 Å². The topological polar surface area (TPSA) is 136 Å². The number of allylic oxidation sites excluding steroid dienone is 1. The smallest absolute Gasteiger partial charge is 0.345 e. The molecule has 1 amide bonds. The molecule has 0 bridgehead atoms. The molecule has 1 heterocycles. The van der Waals surface area contributed by atoms with E-state index in [2.05, 4.69) is 5.32 Å². The summed E-state index contributed by atoms with van der Waals surface area (Å²) in [5, 5.41) is 11.8. The Bertz CT molecular complexity index is 549. The summed E-state index contributed by atoms with van der Waals surface area (Å²) in [6, 6.07) is 0. The largest absolute Gasteiger partial charge is 0.479 e. The average molecular weight is 326 g/mol. The van der Waals surface area contributed by atoms with E-state index in [1.165, 1.54) is 0 Å². The van der Waals surface area contributed by atoms with Gasteiger partial charge in [0.2, 0.25) is 11.4 Å². The number of nitrogens with two attached hydrogens (primary N) is 1.